The SMILES string of the molecule is COc1ccccc1-c1ccc2c(c1COC(=O)c1ccc3ccccc3c1)C(C)=CC(C)(C)N2. The van der Waals surface area contributed by atoms with Crippen molar-refractivity contribution in [2.24, 2.45) is 0 Å². The molecule has 0 saturated carbocycles. The number of anilines is 1. The van der Waals surface area contributed by atoms with Gasteiger partial charge in [-0.3, -0.25) is 0 Å². The van der Waals surface area contributed by atoms with Gasteiger partial charge in [-0.25, -0.2) is 4.79 Å². The summed E-state index contributed by atoms with van der Waals surface area (Å²) in [6, 6.07) is 25.8. The molecular weight excluding hydrogens is 434 g/mol. The minimum atomic E-state index is -0.343. The van der Waals surface area contributed by atoms with Crippen LogP contribution in [0.3, 0.4) is 0 Å². The van der Waals surface area contributed by atoms with Crippen molar-refractivity contribution in [3.63, 3.8) is 0 Å². The first-order chi connectivity index (χ1) is 16.9. The molecular formula is C31H29NO3. The zero-order valence-corrected chi connectivity index (χ0v) is 20.5. The fourth-order valence-electron chi connectivity index (χ4n) is 5.01. The number of rotatable bonds is 5. The summed E-state index contributed by atoms with van der Waals surface area (Å²) in [5.41, 5.74) is 6.54. The van der Waals surface area contributed by atoms with E-state index in [1.165, 1.54) is 0 Å². The Kier molecular flexibility index (Phi) is 5.81. The molecule has 0 bridgehead atoms. The lowest BCUT2D eigenvalue weighted by atomic mass is 9.85. The second kappa shape index (κ2) is 8.95. The summed E-state index contributed by atoms with van der Waals surface area (Å²) in [6.45, 7) is 6.55. The number of hydrogen-bond donors (Lipinski definition) is 1. The molecule has 0 saturated heterocycles. The van der Waals surface area contributed by atoms with E-state index >= 15 is 0 Å². The number of carbonyl (C=O) groups excluding carboxylic acids is 1. The predicted molar refractivity (Wildman–Crippen MR) is 143 cm³/mol. The van der Waals surface area contributed by atoms with Crippen molar-refractivity contribution in [3.05, 3.63) is 102 Å². The van der Waals surface area contributed by atoms with Gasteiger partial charge in [0.05, 0.1) is 18.2 Å². The summed E-state index contributed by atoms with van der Waals surface area (Å²) in [6.07, 6.45) is 2.22. The van der Waals surface area contributed by atoms with Crippen molar-refractivity contribution >= 4 is 28.0 Å². The molecule has 1 heterocycles. The van der Waals surface area contributed by atoms with Gasteiger partial charge in [-0.1, -0.05) is 60.7 Å². The Morgan fingerprint density at radius 2 is 1.63 bits per heavy atom. The second-order valence-electron chi connectivity index (χ2n) is 9.53. The largest absolute Gasteiger partial charge is 0.496 e. The Bertz CT molecular complexity index is 1470. The standard InChI is InChI=1S/C31H29NO3/c1-20-18-31(2,3)32-27-16-15-24(25-11-7-8-12-28(25)34-4)26(29(20)27)19-35-30(33)23-14-13-21-9-5-6-10-22(21)17-23/h5-18,32H,19H2,1-4H3. The first-order valence-corrected chi connectivity index (χ1v) is 11.8. The van der Waals surface area contributed by atoms with Crippen LogP contribution in [0.2, 0.25) is 0 Å². The van der Waals surface area contributed by atoms with E-state index in [9.17, 15) is 4.79 Å². The first-order valence-electron chi connectivity index (χ1n) is 11.8. The van der Waals surface area contributed by atoms with Gasteiger partial charge in [0.25, 0.3) is 0 Å². The van der Waals surface area contributed by atoms with E-state index in [2.05, 4.69) is 44.3 Å². The van der Waals surface area contributed by atoms with Gasteiger partial charge in [-0.15, -0.1) is 0 Å². The van der Waals surface area contributed by atoms with Crippen LogP contribution in [0, 0.1) is 0 Å². The van der Waals surface area contributed by atoms with Crippen molar-refractivity contribution in [2.75, 3.05) is 12.4 Å². The molecule has 0 spiro atoms. The van der Waals surface area contributed by atoms with E-state index in [1.54, 1.807) is 7.11 Å². The van der Waals surface area contributed by atoms with Gasteiger partial charge in [0.1, 0.15) is 12.4 Å². The average molecular weight is 464 g/mol. The van der Waals surface area contributed by atoms with Crippen LogP contribution in [0.1, 0.15) is 42.3 Å². The summed E-state index contributed by atoms with van der Waals surface area (Å²) >= 11 is 0. The van der Waals surface area contributed by atoms with Crippen LogP contribution in [0.4, 0.5) is 5.69 Å². The van der Waals surface area contributed by atoms with Crippen molar-refractivity contribution in [1.82, 2.24) is 0 Å². The molecule has 4 nitrogen and oxygen atoms in total. The smallest absolute Gasteiger partial charge is 0.338 e. The Hall–Kier alpha value is -4.05. The topological polar surface area (TPSA) is 47.6 Å². The summed E-state index contributed by atoms with van der Waals surface area (Å²) < 4.78 is 11.6. The molecule has 1 aliphatic heterocycles. The number of methoxy groups -OCH3 is 1. The van der Waals surface area contributed by atoms with E-state index < -0.39 is 0 Å². The highest BCUT2D eigenvalue weighted by atomic mass is 16.5. The molecule has 35 heavy (non-hydrogen) atoms. The van der Waals surface area contributed by atoms with Crippen molar-refractivity contribution in [2.45, 2.75) is 32.9 Å². The van der Waals surface area contributed by atoms with Crippen molar-refractivity contribution < 1.29 is 14.3 Å². The van der Waals surface area contributed by atoms with E-state index in [1.807, 2.05) is 66.7 Å². The van der Waals surface area contributed by atoms with Gasteiger partial charge in [0.15, 0.2) is 0 Å². The molecule has 0 fully saturated rings. The number of fused-ring (bicyclic) bond motifs is 2. The Labute approximate surface area is 206 Å². The normalized spacial score (nSPS) is 14.0. The number of nitrogens with one attached hydrogen (secondary N) is 1. The monoisotopic (exact) mass is 463 g/mol. The number of allylic oxidation sites excluding steroid dienone is 1. The fraction of sp³-hybridized carbons (Fsp3) is 0.194. The third-order valence-electron chi connectivity index (χ3n) is 6.47. The van der Waals surface area contributed by atoms with Gasteiger partial charge in [0, 0.05) is 22.4 Å². The summed E-state index contributed by atoms with van der Waals surface area (Å²) in [7, 11) is 1.67. The average Bonchev–Trinajstić information content (AvgIpc) is 2.85. The van der Waals surface area contributed by atoms with Crippen LogP contribution in [0.5, 0.6) is 5.75 Å². The maximum absolute atomic E-state index is 13.1. The van der Waals surface area contributed by atoms with Crippen molar-refractivity contribution in [3.8, 4) is 16.9 Å². The van der Waals surface area contributed by atoms with Crippen LogP contribution >= 0.6 is 0 Å². The van der Waals surface area contributed by atoms with E-state index in [0.29, 0.717) is 5.56 Å². The van der Waals surface area contributed by atoms with Crippen LogP contribution in [0.25, 0.3) is 27.5 Å². The molecule has 0 aromatic heterocycles. The van der Waals surface area contributed by atoms with E-state index in [0.717, 1.165) is 50.0 Å². The molecule has 0 aliphatic carbocycles. The van der Waals surface area contributed by atoms with Crippen LogP contribution in [-0.2, 0) is 11.3 Å². The maximum Gasteiger partial charge on any atom is 0.338 e. The highest BCUT2D eigenvalue weighted by Gasteiger charge is 2.27. The molecule has 4 heteroatoms. The summed E-state index contributed by atoms with van der Waals surface area (Å²) in [5.74, 6) is 0.436. The molecule has 1 aliphatic rings. The first kappa shape index (κ1) is 22.7. The van der Waals surface area contributed by atoms with Crippen molar-refractivity contribution in [1.29, 1.82) is 0 Å². The van der Waals surface area contributed by atoms with E-state index in [-0.39, 0.29) is 18.1 Å². The fourth-order valence-corrected chi connectivity index (χ4v) is 5.01. The lowest BCUT2D eigenvalue weighted by Gasteiger charge is -2.33. The van der Waals surface area contributed by atoms with E-state index in [4.69, 9.17) is 9.47 Å². The third kappa shape index (κ3) is 4.40. The Morgan fingerprint density at radius 3 is 2.43 bits per heavy atom. The lowest BCUT2D eigenvalue weighted by Crippen LogP contribution is -2.32. The highest BCUT2D eigenvalue weighted by Crippen LogP contribution is 2.42. The Morgan fingerprint density at radius 1 is 0.886 bits per heavy atom. The molecule has 4 aromatic rings. The van der Waals surface area contributed by atoms with Crippen LogP contribution < -0.4 is 10.1 Å². The Balaban J connectivity index is 1.56. The molecule has 0 amide bonds. The highest BCUT2D eigenvalue weighted by molar-refractivity contribution is 5.96. The van der Waals surface area contributed by atoms with Crippen LogP contribution in [-0.4, -0.2) is 18.6 Å². The minimum absolute atomic E-state index is 0.148. The van der Waals surface area contributed by atoms with Gasteiger partial charge in [-0.05, 0) is 66.9 Å². The number of para-hydroxylation sites is 1. The predicted octanol–water partition coefficient (Wildman–Crippen LogP) is 7.48. The molecule has 4 aromatic carbocycles. The molecule has 0 radical (unpaired) electrons. The molecule has 0 unspecified atom stereocenters. The maximum atomic E-state index is 13.1. The molecule has 1 N–H and O–H groups in total. The number of ether oxygens (including phenoxy) is 2. The quantitative estimate of drug-likeness (QED) is 0.312. The zero-order chi connectivity index (χ0) is 24.6. The van der Waals surface area contributed by atoms with Gasteiger partial charge in [0.2, 0.25) is 0 Å². The number of benzene rings is 4. The number of esters is 1. The van der Waals surface area contributed by atoms with Gasteiger partial charge >= 0.3 is 5.97 Å². The summed E-state index contributed by atoms with van der Waals surface area (Å²) in [5, 5.41) is 5.71. The lowest BCUT2D eigenvalue weighted by molar-refractivity contribution is 0.0473. The second-order valence-corrected chi connectivity index (χ2v) is 9.53. The minimum Gasteiger partial charge on any atom is -0.496 e. The molecule has 5 rings (SSSR count). The van der Waals surface area contributed by atoms with Gasteiger partial charge in [-0.2, -0.15) is 0 Å². The third-order valence-corrected chi connectivity index (χ3v) is 6.47. The molecule has 0 atom stereocenters. The zero-order valence-electron chi connectivity index (χ0n) is 20.5. The number of carbonyl (C=O) groups is 1. The molecule has 176 valence electrons. The number of hydrogen-bond acceptors (Lipinski definition) is 4. The summed E-state index contributed by atoms with van der Waals surface area (Å²) in [4.78, 5) is 13.1. The van der Waals surface area contributed by atoms with Crippen LogP contribution in [0.15, 0.2) is 84.9 Å². The van der Waals surface area contributed by atoms with Gasteiger partial charge < -0.3 is 14.8 Å².